The Morgan fingerprint density at radius 1 is 1.18 bits per heavy atom. The number of carbonyl (C=O) groups is 2. The van der Waals surface area contributed by atoms with Gasteiger partial charge in [-0.2, -0.15) is 0 Å². The van der Waals surface area contributed by atoms with Crippen LogP contribution in [0.2, 0.25) is 0 Å². The van der Waals surface area contributed by atoms with E-state index >= 15 is 0 Å². The van der Waals surface area contributed by atoms with Gasteiger partial charge in [0.25, 0.3) is 0 Å². The second kappa shape index (κ2) is 11.9. The highest BCUT2D eigenvalue weighted by molar-refractivity contribution is 7.99. The lowest BCUT2D eigenvalue weighted by atomic mass is 9.79. The molecule has 0 aromatic carbocycles. The molecule has 0 spiro atoms. The van der Waals surface area contributed by atoms with Crippen LogP contribution in [0.1, 0.15) is 50.1 Å². The number of hydrogen-bond acceptors (Lipinski definition) is 8. The summed E-state index contributed by atoms with van der Waals surface area (Å²) >= 11 is 1.34. The third kappa shape index (κ3) is 6.39. The Bertz CT molecular complexity index is 935. The predicted octanol–water partition coefficient (Wildman–Crippen LogP) is 1.58. The van der Waals surface area contributed by atoms with Gasteiger partial charge in [0.1, 0.15) is 11.6 Å². The predicted molar refractivity (Wildman–Crippen MR) is 127 cm³/mol. The van der Waals surface area contributed by atoms with Crippen molar-refractivity contribution in [1.29, 1.82) is 0 Å². The number of amides is 2. The van der Waals surface area contributed by atoms with Gasteiger partial charge in [0, 0.05) is 38.0 Å². The third-order valence-corrected chi connectivity index (χ3v) is 7.66. The van der Waals surface area contributed by atoms with E-state index in [1.165, 1.54) is 31.0 Å². The monoisotopic (exact) mass is 490 g/mol. The summed E-state index contributed by atoms with van der Waals surface area (Å²) in [4.78, 5) is 26.6. The highest BCUT2D eigenvalue weighted by Gasteiger charge is 2.38. The molecule has 3 heterocycles. The van der Waals surface area contributed by atoms with E-state index < -0.39 is 5.91 Å². The summed E-state index contributed by atoms with van der Waals surface area (Å²) in [6.45, 7) is 4.46. The molecule has 34 heavy (non-hydrogen) atoms. The Hall–Kier alpha value is -2.37. The number of furan rings is 1. The van der Waals surface area contributed by atoms with Gasteiger partial charge < -0.3 is 20.2 Å². The number of rotatable bonds is 11. The van der Waals surface area contributed by atoms with Gasteiger partial charge in [-0.05, 0) is 25.0 Å². The largest absolute Gasteiger partial charge is 0.467 e. The van der Waals surface area contributed by atoms with Crippen LogP contribution < -0.4 is 11.1 Å². The molecular formula is C23H34N6O4S. The molecule has 2 aromatic heterocycles. The van der Waals surface area contributed by atoms with Crippen molar-refractivity contribution >= 4 is 23.6 Å². The lowest BCUT2D eigenvalue weighted by Crippen LogP contribution is -2.59. The summed E-state index contributed by atoms with van der Waals surface area (Å²) in [5.74, 6) is 1.22. The first-order valence-electron chi connectivity index (χ1n) is 12.0. The van der Waals surface area contributed by atoms with Gasteiger partial charge in [0.05, 0.1) is 31.8 Å². The average molecular weight is 491 g/mol. The molecule has 2 aliphatic rings. The molecule has 11 heteroatoms. The number of aromatic nitrogens is 3. The van der Waals surface area contributed by atoms with Gasteiger partial charge in [-0.25, -0.2) is 0 Å². The molecule has 10 nitrogen and oxygen atoms in total. The molecule has 3 N–H and O–H groups in total. The Morgan fingerprint density at radius 3 is 2.68 bits per heavy atom. The summed E-state index contributed by atoms with van der Waals surface area (Å²) in [7, 11) is 0. The highest BCUT2D eigenvalue weighted by Crippen LogP contribution is 2.34. The maximum absolute atomic E-state index is 12.8. The van der Waals surface area contributed by atoms with E-state index in [0.29, 0.717) is 30.5 Å². The third-order valence-electron chi connectivity index (χ3n) is 6.70. The molecule has 0 unspecified atom stereocenters. The number of aryl methyl sites for hydroxylation is 1. The van der Waals surface area contributed by atoms with Crippen molar-refractivity contribution < 1.29 is 18.7 Å². The molecule has 2 fully saturated rings. The molecule has 1 saturated heterocycles. The van der Waals surface area contributed by atoms with E-state index in [1.54, 1.807) is 6.26 Å². The van der Waals surface area contributed by atoms with Gasteiger partial charge in [0.2, 0.25) is 11.8 Å². The number of ether oxygens (including phenoxy) is 1. The fourth-order valence-corrected chi connectivity index (χ4v) is 5.65. The van der Waals surface area contributed by atoms with E-state index in [4.69, 9.17) is 14.9 Å². The van der Waals surface area contributed by atoms with Crippen molar-refractivity contribution in [3.63, 3.8) is 0 Å². The summed E-state index contributed by atoms with van der Waals surface area (Å²) in [6, 6.07) is 3.69. The fraction of sp³-hybridized carbons (Fsp3) is 0.652. The van der Waals surface area contributed by atoms with Crippen LogP contribution in [0.3, 0.4) is 0 Å². The lowest BCUT2D eigenvalue weighted by molar-refractivity contribution is -0.120. The Balaban J connectivity index is 1.36. The summed E-state index contributed by atoms with van der Waals surface area (Å²) < 4.78 is 12.9. The normalized spacial score (nSPS) is 18.6. The second-order valence-corrected chi connectivity index (χ2v) is 9.92. The SMILES string of the molecule is NC(=O)CCc1nnc(SCC(=O)NCC2(N3CCOCC3)CCCCC2)n1Cc1ccco1. The number of nitrogens with two attached hydrogens (primary N) is 1. The van der Waals surface area contributed by atoms with E-state index in [1.807, 2.05) is 16.7 Å². The zero-order valence-corrected chi connectivity index (χ0v) is 20.4. The lowest BCUT2D eigenvalue weighted by Gasteiger charge is -2.48. The van der Waals surface area contributed by atoms with Crippen molar-refractivity contribution in [3.05, 3.63) is 30.0 Å². The number of nitrogens with one attached hydrogen (secondary N) is 1. The van der Waals surface area contributed by atoms with Crippen LogP contribution in [0.15, 0.2) is 28.0 Å². The van der Waals surface area contributed by atoms with Crippen LogP contribution in [0.5, 0.6) is 0 Å². The van der Waals surface area contributed by atoms with Crippen molar-refractivity contribution in [2.75, 3.05) is 38.6 Å². The number of nitrogens with zero attached hydrogens (tertiary/aromatic N) is 4. The average Bonchev–Trinajstić information content (AvgIpc) is 3.51. The zero-order chi connectivity index (χ0) is 23.8. The van der Waals surface area contributed by atoms with Gasteiger partial charge in [0.15, 0.2) is 5.16 Å². The van der Waals surface area contributed by atoms with E-state index in [9.17, 15) is 9.59 Å². The van der Waals surface area contributed by atoms with Gasteiger partial charge in [-0.15, -0.1) is 10.2 Å². The molecule has 1 aliphatic carbocycles. The van der Waals surface area contributed by atoms with Crippen LogP contribution in [-0.2, 0) is 27.3 Å². The molecule has 2 aromatic rings. The molecule has 0 radical (unpaired) electrons. The Labute approximate surface area is 204 Å². The molecule has 1 aliphatic heterocycles. The minimum Gasteiger partial charge on any atom is -0.467 e. The number of primary amides is 1. The van der Waals surface area contributed by atoms with Crippen molar-refractivity contribution in [2.45, 2.75) is 62.2 Å². The van der Waals surface area contributed by atoms with E-state index in [-0.39, 0.29) is 23.6 Å². The molecule has 1 saturated carbocycles. The number of morpholine rings is 1. The topological polar surface area (TPSA) is 129 Å². The van der Waals surface area contributed by atoms with Crippen molar-refractivity contribution in [1.82, 2.24) is 25.0 Å². The smallest absolute Gasteiger partial charge is 0.230 e. The van der Waals surface area contributed by atoms with Crippen molar-refractivity contribution in [3.8, 4) is 0 Å². The summed E-state index contributed by atoms with van der Waals surface area (Å²) in [5.41, 5.74) is 5.34. The standard InChI is InChI=1S/C23H34N6O4S/c24-19(30)6-7-20-26-27-22(29(20)15-18-5-4-12-33-18)34-16-21(31)25-17-23(8-2-1-3-9-23)28-10-13-32-14-11-28/h4-5,12H,1-3,6-11,13-17H2,(H2,24,30)(H,25,31). The Kier molecular flexibility index (Phi) is 8.63. The van der Waals surface area contributed by atoms with E-state index in [2.05, 4.69) is 20.4 Å². The first-order chi connectivity index (χ1) is 16.6. The number of carbonyl (C=O) groups excluding carboxylic acids is 2. The quantitative estimate of drug-likeness (QED) is 0.454. The maximum Gasteiger partial charge on any atom is 0.230 e. The van der Waals surface area contributed by atoms with E-state index in [0.717, 1.165) is 44.9 Å². The molecular weight excluding hydrogens is 456 g/mol. The molecule has 2 amide bonds. The number of thioether (sulfide) groups is 1. The highest BCUT2D eigenvalue weighted by atomic mass is 32.2. The number of hydrogen-bond donors (Lipinski definition) is 2. The zero-order valence-electron chi connectivity index (χ0n) is 19.5. The second-order valence-electron chi connectivity index (χ2n) is 8.98. The first-order valence-corrected chi connectivity index (χ1v) is 13.0. The van der Waals surface area contributed by atoms with Crippen LogP contribution in [0.4, 0.5) is 0 Å². The molecule has 186 valence electrons. The fourth-order valence-electron chi connectivity index (χ4n) is 4.86. The van der Waals surface area contributed by atoms with Gasteiger partial charge in [-0.3, -0.25) is 19.1 Å². The van der Waals surface area contributed by atoms with Crippen LogP contribution in [0, 0.1) is 0 Å². The minimum atomic E-state index is -0.391. The first kappa shape index (κ1) is 24.7. The molecule has 4 rings (SSSR count). The van der Waals surface area contributed by atoms with Gasteiger partial charge >= 0.3 is 0 Å². The van der Waals surface area contributed by atoms with Crippen LogP contribution >= 0.6 is 11.8 Å². The maximum atomic E-state index is 12.8. The van der Waals surface area contributed by atoms with Crippen LogP contribution in [0.25, 0.3) is 0 Å². The molecule has 0 bridgehead atoms. The van der Waals surface area contributed by atoms with Crippen LogP contribution in [-0.4, -0.2) is 75.6 Å². The summed E-state index contributed by atoms with van der Waals surface area (Å²) in [5, 5.41) is 12.3. The van der Waals surface area contributed by atoms with Crippen molar-refractivity contribution in [2.24, 2.45) is 5.73 Å². The van der Waals surface area contributed by atoms with Gasteiger partial charge in [-0.1, -0.05) is 31.0 Å². The summed E-state index contributed by atoms with van der Waals surface area (Å²) in [6.07, 6.45) is 8.07. The Morgan fingerprint density at radius 2 is 1.97 bits per heavy atom. The molecule has 0 atom stereocenters. The minimum absolute atomic E-state index is 0.0190.